The first kappa shape index (κ1) is 14.3. The molecule has 0 aromatic rings. The van der Waals surface area contributed by atoms with Crippen molar-refractivity contribution in [2.24, 2.45) is 10.2 Å². The molecule has 2 N–H and O–H groups in total. The smallest absolute Gasteiger partial charge is 0.207 e. The molecule has 15 heavy (non-hydrogen) atoms. The lowest BCUT2D eigenvalue weighted by atomic mass is 11.4. The van der Waals surface area contributed by atoms with Gasteiger partial charge >= 0.3 is 0 Å². The van der Waals surface area contributed by atoms with E-state index in [2.05, 4.69) is 20.1 Å². The Hall–Kier alpha value is -0.650. The third-order valence-corrected chi connectivity index (χ3v) is 4.80. The number of nitrogens with zero attached hydrogens (tertiary/aromatic N) is 6. The molecule has 0 saturated carbocycles. The van der Waals surface area contributed by atoms with Crippen LogP contribution in [0.3, 0.4) is 0 Å². The topological polar surface area (TPSA) is 172 Å². The van der Waals surface area contributed by atoms with Gasteiger partial charge in [0, 0.05) is 9.82 Å². The van der Waals surface area contributed by atoms with Gasteiger partial charge in [-0.3, -0.25) is 9.13 Å². The molecule has 4 unspecified atom stereocenters. The molecule has 84 valence electrons. The van der Waals surface area contributed by atoms with Gasteiger partial charge in [0.25, 0.3) is 0 Å². The summed E-state index contributed by atoms with van der Waals surface area (Å²) in [6.45, 7) is 0. The summed E-state index contributed by atoms with van der Waals surface area (Å²) >= 11 is 0.380. The Bertz CT molecular complexity index is 324. The highest BCUT2D eigenvalue weighted by Gasteiger charge is 2.22. The van der Waals surface area contributed by atoms with Gasteiger partial charge in [0.15, 0.2) is 10.2 Å². The van der Waals surface area contributed by atoms with Crippen molar-refractivity contribution in [3.63, 3.8) is 0 Å². The minimum atomic E-state index is -3.21. The highest BCUT2D eigenvalue weighted by Crippen LogP contribution is 2.43. The van der Waals surface area contributed by atoms with Gasteiger partial charge in [-0.05, 0) is 11.1 Å². The monoisotopic (exact) mass is 272 g/mol. The lowest BCUT2D eigenvalue weighted by molar-refractivity contribution is 0.500. The molecule has 0 aromatic heterocycles. The van der Waals surface area contributed by atoms with Crippen molar-refractivity contribution in [2.45, 2.75) is 10.2 Å². The molecule has 0 aliphatic carbocycles. The lowest BCUT2D eigenvalue weighted by Crippen LogP contribution is -1.98. The van der Waals surface area contributed by atoms with E-state index >= 15 is 0 Å². The van der Waals surface area contributed by atoms with Crippen molar-refractivity contribution >= 4 is 27.8 Å². The molecule has 0 saturated heterocycles. The molecule has 4 atom stereocenters. The first-order valence-electron chi connectivity index (χ1n) is 3.22. The van der Waals surface area contributed by atoms with Crippen LogP contribution in [0.2, 0.25) is 0 Å². The van der Waals surface area contributed by atoms with Gasteiger partial charge in [-0.2, -0.15) is 0 Å². The maximum atomic E-state index is 10.6. The second-order valence-corrected chi connectivity index (χ2v) is 6.38. The van der Waals surface area contributed by atoms with Crippen LogP contribution >= 0.6 is 27.8 Å². The van der Waals surface area contributed by atoms with E-state index in [-0.39, 0.29) is 0 Å². The van der Waals surface area contributed by atoms with Crippen molar-refractivity contribution < 1.29 is 18.9 Å². The molecule has 0 heterocycles. The van der Waals surface area contributed by atoms with Gasteiger partial charge in [-0.25, -0.2) is 0 Å². The largest absolute Gasteiger partial charge is 0.345 e. The van der Waals surface area contributed by atoms with Crippen LogP contribution in [0.25, 0.3) is 20.9 Å². The Kier molecular flexibility index (Phi) is 7.29. The number of hydrogen-bond donors (Lipinski definition) is 2. The van der Waals surface area contributed by atoms with Crippen molar-refractivity contribution in [3.8, 4) is 0 Å². The summed E-state index contributed by atoms with van der Waals surface area (Å²) < 4.78 is 21.3. The molecule has 0 aromatic carbocycles. The quantitative estimate of drug-likeness (QED) is 0.324. The van der Waals surface area contributed by atoms with Crippen LogP contribution in [-0.4, -0.2) is 20.0 Å². The Morgan fingerprint density at radius 3 is 1.60 bits per heavy atom. The van der Waals surface area contributed by atoms with Gasteiger partial charge in [-0.15, -0.1) is 11.8 Å². The molecule has 13 heteroatoms. The van der Waals surface area contributed by atoms with Crippen LogP contribution in [-0.2, 0) is 9.13 Å². The van der Waals surface area contributed by atoms with Gasteiger partial charge in [0.2, 0.25) is 16.1 Å². The molecule has 0 aliphatic heterocycles. The summed E-state index contributed by atoms with van der Waals surface area (Å²) in [6, 6.07) is 0. The molecule has 0 aliphatic rings. The Balaban J connectivity index is 4.75. The summed E-state index contributed by atoms with van der Waals surface area (Å²) in [4.78, 5) is 22.0. The maximum absolute atomic E-state index is 10.6. The van der Waals surface area contributed by atoms with E-state index in [1.165, 1.54) is 0 Å². The van der Waals surface area contributed by atoms with Gasteiger partial charge in [0.05, 0.1) is 0 Å². The molecular formula is C2H6N6O4P2S. The number of thioether (sulfide) groups is 1. The lowest BCUT2D eigenvalue weighted by Gasteiger charge is -2.10. The van der Waals surface area contributed by atoms with E-state index in [1.54, 1.807) is 0 Å². The van der Waals surface area contributed by atoms with Crippen LogP contribution in [0, 0.1) is 0 Å². The SMILES string of the molecule is [N-]=[N+]=NC(SC(N=[N+]=[N-])[PH](=O)O)[PH](=O)O. The Morgan fingerprint density at radius 1 is 1.07 bits per heavy atom. The second kappa shape index (κ2) is 7.62. The summed E-state index contributed by atoms with van der Waals surface area (Å²) in [6.07, 6.45) is 0. The van der Waals surface area contributed by atoms with Gasteiger partial charge in [0.1, 0.15) is 0 Å². The Morgan fingerprint density at radius 2 is 1.40 bits per heavy atom. The van der Waals surface area contributed by atoms with Crippen LogP contribution in [0.1, 0.15) is 0 Å². The zero-order valence-electron chi connectivity index (χ0n) is 6.96. The summed E-state index contributed by atoms with van der Waals surface area (Å²) in [5.41, 5.74) is 16.1. The normalized spacial score (nSPS) is 17.7. The average molecular weight is 272 g/mol. The molecule has 0 radical (unpaired) electrons. The van der Waals surface area contributed by atoms with E-state index in [0.717, 1.165) is 0 Å². The molecule has 0 spiro atoms. The predicted octanol–water partition coefficient (Wildman–Crippen LogP) is 1.84. The van der Waals surface area contributed by atoms with E-state index < -0.39 is 26.3 Å². The van der Waals surface area contributed by atoms with E-state index in [0.29, 0.717) is 11.8 Å². The van der Waals surface area contributed by atoms with E-state index in [1.807, 2.05) is 0 Å². The second-order valence-electron chi connectivity index (χ2n) is 1.93. The predicted molar refractivity (Wildman–Crippen MR) is 55.9 cm³/mol. The minimum Gasteiger partial charge on any atom is -0.345 e. The molecule has 0 fully saturated rings. The number of rotatable bonds is 6. The third kappa shape index (κ3) is 5.71. The van der Waals surface area contributed by atoms with Crippen molar-refractivity contribution in [3.05, 3.63) is 20.9 Å². The van der Waals surface area contributed by atoms with Crippen LogP contribution in [0.5, 0.6) is 0 Å². The zero-order valence-corrected chi connectivity index (χ0v) is 9.77. The highest BCUT2D eigenvalue weighted by molar-refractivity contribution is 8.08. The standard InChI is InChI=1S/C2H6N6O4P2S/c3-7-5-1(13(9)10)15-2(6-8-4)14(11)12/h1-2,13-14H,(H,9,10)(H,11,12). The molecular weight excluding hydrogens is 266 g/mol. The summed E-state index contributed by atoms with van der Waals surface area (Å²) in [7, 11) is -6.41. The Labute approximate surface area is 88.7 Å². The van der Waals surface area contributed by atoms with Crippen molar-refractivity contribution in [2.75, 3.05) is 0 Å². The number of hydrogen-bond acceptors (Lipinski definition) is 5. The maximum Gasteiger partial charge on any atom is 0.207 e. The fourth-order valence-corrected chi connectivity index (χ4v) is 3.34. The summed E-state index contributed by atoms with van der Waals surface area (Å²) in [5, 5.41) is 3.04. The zero-order chi connectivity index (χ0) is 11.8. The number of azide groups is 2. The van der Waals surface area contributed by atoms with Crippen LogP contribution < -0.4 is 0 Å². The van der Waals surface area contributed by atoms with Gasteiger partial charge in [-0.1, -0.05) is 10.2 Å². The van der Waals surface area contributed by atoms with Crippen LogP contribution in [0.4, 0.5) is 0 Å². The fourth-order valence-electron chi connectivity index (χ4n) is 0.486. The molecule has 10 nitrogen and oxygen atoms in total. The van der Waals surface area contributed by atoms with Crippen molar-refractivity contribution in [1.29, 1.82) is 0 Å². The minimum absolute atomic E-state index is 0.380. The van der Waals surface area contributed by atoms with E-state index in [4.69, 9.17) is 20.8 Å². The molecule has 0 rings (SSSR count). The van der Waals surface area contributed by atoms with E-state index in [9.17, 15) is 9.13 Å². The first-order valence-corrected chi connectivity index (χ1v) is 7.03. The first-order chi connectivity index (χ1) is 7.02. The van der Waals surface area contributed by atoms with Crippen molar-refractivity contribution in [1.82, 2.24) is 0 Å². The van der Waals surface area contributed by atoms with Crippen LogP contribution in [0.15, 0.2) is 10.2 Å². The average Bonchev–Trinajstić information content (AvgIpc) is 2.15. The molecule has 0 amide bonds. The third-order valence-electron chi connectivity index (χ3n) is 0.993. The molecule has 0 bridgehead atoms. The summed E-state index contributed by atoms with van der Waals surface area (Å²) in [5.74, 6) is 0. The fraction of sp³-hybridized carbons (Fsp3) is 1.00. The highest BCUT2D eigenvalue weighted by atomic mass is 32.2. The van der Waals surface area contributed by atoms with Gasteiger partial charge < -0.3 is 9.79 Å².